The Morgan fingerprint density at radius 1 is 1.06 bits per heavy atom. The highest BCUT2D eigenvalue weighted by Crippen LogP contribution is 2.38. The number of rotatable bonds is 6. The molecule has 3 aromatic rings. The third kappa shape index (κ3) is 5.38. The van der Waals surface area contributed by atoms with Gasteiger partial charge < -0.3 is 19.9 Å². The Bertz CT molecular complexity index is 1110. The van der Waals surface area contributed by atoms with E-state index in [-0.39, 0.29) is 11.9 Å². The zero-order chi connectivity index (χ0) is 23.4. The van der Waals surface area contributed by atoms with Crippen LogP contribution in [0.1, 0.15) is 62.9 Å². The largest absolute Gasteiger partial charge is 0.444 e. The molecule has 6 heteroatoms. The van der Waals surface area contributed by atoms with E-state index in [2.05, 4.69) is 40.6 Å². The summed E-state index contributed by atoms with van der Waals surface area (Å²) in [6.45, 7) is 6.71. The van der Waals surface area contributed by atoms with Crippen LogP contribution in [-0.2, 0) is 16.0 Å². The molecule has 2 N–H and O–H groups in total. The van der Waals surface area contributed by atoms with Crippen molar-refractivity contribution in [2.75, 3.05) is 13.1 Å². The molecular formula is C27H33N3O3. The van der Waals surface area contributed by atoms with Crippen LogP contribution in [0.4, 0.5) is 4.79 Å². The van der Waals surface area contributed by atoms with E-state index in [0.717, 1.165) is 29.6 Å². The number of unbranched alkanes of at least 4 members (excludes halogenated alkanes) is 1. The number of alkyl carbamates (subject to hydrolysis) is 1. The maximum absolute atomic E-state index is 13.3. The average Bonchev–Trinajstić information content (AvgIpc) is 3.16. The fraction of sp³-hybridized carbons (Fsp3) is 0.407. The number of aromatic nitrogens is 1. The highest BCUT2D eigenvalue weighted by molar-refractivity contribution is 5.86. The van der Waals surface area contributed by atoms with E-state index in [1.807, 2.05) is 49.9 Å². The Morgan fingerprint density at radius 2 is 1.79 bits per heavy atom. The van der Waals surface area contributed by atoms with E-state index in [9.17, 15) is 9.59 Å². The smallest absolute Gasteiger partial charge is 0.407 e. The Labute approximate surface area is 195 Å². The fourth-order valence-corrected chi connectivity index (χ4v) is 4.54. The van der Waals surface area contributed by atoms with Crippen LogP contribution in [0.3, 0.4) is 0 Å². The molecule has 0 radical (unpaired) electrons. The lowest BCUT2D eigenvalue weighted by Crippen LogP contribution is -2.40. The molecule has 0 bridgehead atoms. The number of nitrogens with one attached hydrogen (secondary N) is 2. The van der Waals surface area contributed by atoms with Gasteiger partial charge in [-0.05, 0) is 57.2 Å². The second kappa shape index (κ2) is 9.69. The number of ether oxygens (including phenoxy) is 1. The molecule has 174 valence electrons. The van der Waals surface area contributed by atoms with E-state index in [1.165, 1.54) is 10.9 Å². The van der Waals surface area contributed by atoms with E-state index >= 15 is 0 Å². The van der Waals surface area contributed by atoms with Gasteiger partial charge in [-0.2, -0.15) is 0 Å². The molecule has 0 fully saturated rings. The minimum Gasteiger partial charge on any atom is -0.444 e. The minimum absolute atomic E-state index is 0.116. The average molecular weight is 448 g/mol. The van der Waals surface area contributed by atoms with Crippen LogP contribution in [0.15, 0.2) is 54.6 Å². The SMILES string of the molecule is CC(C)(C)OC(=O)NCCCCC(=O)N1CCc2c([nH]c3ccccc23)C1c1ccccc1. The number of carbonyl (C=O) groups excluding carboxylic acids is 2. The van der Waals surface area contributed by atoms with Crippen molar-refractivity contribution < 1.29 is 14.3 Å². The first kappa shape index (κ1) is 22.9. The molecule has 0 saturated heterocycles. The van der Waals surface area contributed by atoms with Gasteiger partial charge in [0.05, 0.1) is 6.04 Å². The van der Waals surface area contributed by atoms with Crippen LogP contribution < -0.4 is 5.32 Å². The molecule has 0 spiro atoms. The van der Waals surface area contributed by atoms with Crippen molar-refractivity contribution >= 4 is 22.9 Å². The molecule has 2 heterocycles. The highest BCUT2D eigenvalue weighted by Gasteiger charge is 2.34. The van der Waals surface area contributed by atoms with Crippen LogP contribution in [-0.4, -0.2) is 40.6 Å². The quantitative estimate of drug-likeness (QED) is 0.501. The van der Waals surface area contributed by atoms with Crippen LogP contribution >= 0.6 is 0 Å². The molecule has 4 rings (SSSR count). The number of benzene rings is 2. The van der Waals surface area contributed by atoms with Crippen molar-refractivity contribution in [3.05, 3.63) is 71.4 Å². The number of hydrogen-bond donors (Lipinski definition) is 2. The lowest BCUT2D eigenvalue weighted by atomic mass is 9.92. The predicted octanol–water partition coefficient (Wildman–Crippen LogP) is 5.34. The van der Waals surface area contributed by atoms with Gasteiger partial charge in [-0.3, -0.25) is 4.79 Å². The van der Waals surface area contributed by atoms with Crippen molar-refractivity contribution in [3.63, 3.8) is 0 Å². The maximum Gasteiger partial charge on any atom is 0.407 e. The monoisotopic (exact) mass is 447 g/mol. The van der Waals surface area contributed by atoms with E-state index in [4.69, 9.17) is 4.74 Å². The van der Waals surface area contributed by atoms with Crippen molar-refractivity contribution in [2.45, 2.75) is 58.1 Å². The second-order valence-corrected chi connectivity index (χ2v) is 9.60. The summed E-state index contributed by atoms with van der Waals surface area (Å²) in [6, 6.07) is 18.5. The number of nitrogens with zero attached hydrogens (tertiary/aromatic N) is 1. The zero-order valence-electron chi connectivity index (χ0n) is 19.7. The van der Waals surface area contributed by atoms with Gasteiger partial charge in [0.15, 0.2) is 0 Å². The molecule has 0 saturated carbocycles. The summed E-state index contributed by atoms with van der Waals surface area (Å²) in [6.07, 6.45) is 2.32. The van der Waals surface area contributed by atoms with Gasteiger partial charge in [0.2, 0.25) is 5.91 Å². The second-order valence-electron chi connectivity index (χ2n) is 9.60. The lowest BCUT2D eigenvalue weighted by Gasteiger charge is -2.36. The molecule has 1 aliphatic heterocycles. The van der Waals surface area contributed by atoms with Crippen molar-refractivity contribution in [3.8, 4) is 0 Å². The summed E-state index contributed by atoms with van der Waals surface area (Å²) in [7, 11) is 0. The zero-order valence-corrected chi connectivity index (χ0v) is 19.7. The van der Waals surface area contributed by atoms with Gasteiger partial charge in [-0.1, -0.05) is 48.5 Å². The van der Waals surface area contributed by atoms with Crippen LogP contribution in [0.25, 0.3) is 10.9 Å². The maximum atomic E-state index is 13.3. The summed E-state index contributed by atoms with van der Waals surface area (Å²) < 4.78 is 5.25. The molecule has 33 heavy (non-hydrogen) atoms. The van der Waals surface area contributed by atoms with Gasteiger partial charge in [0, 0.05) is 36.1 Å². The van der Waals surface area contributed by atoms with Crippen molar-refractivity contribution in [2.24, 2.45) is 0 Å². The Balaban J connectivity index is 1.43. The number of H-pyrrole nitrogens is 1. The van der Waals surface area contributed by atoms with E-state index < -0.39 is 11.7 Å². The summed E-state index contributed by atoms with van der Waals surface area (Å²) in [4.78, 5) is 30.7. The van der Waals surface area contributed by atoms with Gasteiger partial charge in [0.1, 0.15) is 5.60 Å². The molecule has 0 aliphatic carbocycles. The number of hydrogen-bond acceptors (Lipinski definition) is 3. The fourth-order valence-electron chi connectivity index (χ4n) is 4.54. The molecular weight excluding hydrogens is 414 g/mol. The number of carbonyl (C=O) groups is 2. The summed E-state index contributed by atoms with van der Waals surface area (Å²) in [5.41, 5.74) is 4.15. The molecule has 6 nitrogen and oxygen atoms in total. The first-order valence-corrected chi connectivity index (χ1v) is 11.7. The lowest BCUT2D eigenvalue weighted by molar-refractivity contribution is -0.133. The molecule has 1 aromatic heterocycles. The number of fused-ring (bicyclic) bond motifs is 3. The van der Waals surface area contributed by atoms with Crippen molar-refractivity contribution in [1.29, 1.82) is 0 Å². The van der Waals surface area contributed by atoms with E-state index in [0.29, 0.717) is 25.9 Å². The van der Waals surface area contributed by atoms with Gasteiger partial charge in [-0.15, -0.1) is 0 Å². The molecule has 2 aromatic carbocycles. The molecule has 2 amide bonds. The molecule has 1 atom stereocenters. The van der Waals surface area contributed by atoms with E-state index in [1.54, 1.807) is 0 Å². The number of para-hydroxylation sites is 1. The number of amides is 2. The van der Waals surface area contributed by atoms with Crippen molar-refractivity contribution in [1.82, 2.24) is 15.2 Å². The molecule has 1 unspecified atom stereocenters. The first-order valence-electron chi connectivity index (χ1n) is 11.7. The molecule has 1 aliphatic rings. The van der Waals surface area contributed by atoms with Crippen LogP contribution in [0.2, 0.25) is 0 Å². The standard InChI is InChI=1S/C27H33N3O3/c1-27(2,3)33-26(32)28-17-10-9-15-23(31)30-18-16-21-20-13-7-8-14-22(20)29-24(21)25(30)19-11-5-4-6-12-19/h4-8,11-14,25,29H,9-10,15-18H2,1-3H3,(H,28,32). The Morgan fingerprint density at radius 3 is 2.55 bits per heavy atom. The first-order chi connectivity index (χ1) is 15.8. The van der Waals surface area contributed by atoms with Gasteiger partial charge in [0.25, 0.3) is 0 Å². The predicted molar refractivity (Wildman–Crippen MR) is 130 cm³/mol. The highest BCUT2D eigenvalue weighted by atomic mass is 16.6. The van der Waals surface area contributed by atoms with Gasteiger partial charge in [-0.25, -0.2) is 4.79 Å². The minimum atomic E-state index is -0.512. The summed E-state index contributed by atoms with van der Waals surface area (Å²) in [5, 5.41) is 4.01. The third-order valence-electron chi connectivity index (χ3n) is 5.96. The number of aromatic amines is 1. The van der Waals surface area contributed by atoms with Crippen LogP contribution in [0, 0.1) is 0 Å². The summed E-state index contributed by atoms with van der Waals surface area (Å²) >= 11 is 0. The topological polar surface area (TPSA) is 74.4 Å². The Hall–Kier alpha value is -3.28. The van der Waals surface area contributed by atoms with Crippen LogP contribution in [0.5, 0.6) is 0 Å². The summed E-state index contributed by atoms with van der Waals surface area (Å²) in [5.74, 6) is 0.144. The Kier molecular flexibility index (Phi) is 6.72. The van der Waals surface area contributed by atoms with Gasteiger partial charge >= 0.3 is 6.09 Å². The third-order valence-corrected chi connectivity index (χ3v) is 5.96. The normalized spacial score (nSPS) is 15.8.